The fourth-order valence-corrected chi connectivity index (χ4v) is 4.47. The van der Waals surface area contributed by atoms with Crippen LogP contribution in [-0.2, 0) is 33.9 Å². The Morgan fingerprint density at radius 1 is 0.543 bits per heavy atom. The molecule has 10 atom stereocenters. The summed E-state index contributed by atoms with van der Waals surface area (Å²) in [5, 5.41) is 0. The largest absolute Gasteiger partial charge is 0 e. The van der Waals surface area contributed by atoms with E-state index in [0.717, 1.165) is 36.5 Å². The van der Waals surface area contributed by atoms with Crippen LogP contribution in [0.4, 0.5) is 0 Å². The summed E-state index contributed by atoms with van der Waals surface area (Å²) in [6.45, 7) is 22.8. The van der Waals surface area contributed by atoms with Gasteiger partial charge in [-0.05, 0) is 67.1 Å². The maximum Gasteiger partial charge on any atom is 0 e. The Balaban J connectivity index is -0.0000000656. The molecule has 8 heteroatoms. The van der Waals surface area contributed by atoms with Gasteiger partial charge in [-0.2, -0.15) is 0 Å². The number of rotatable bonds is 2. The third-order valence-electron chi connectivity index (χ3n) is 7.55. The molecular formula is C27H60I4O2VZn-3. The molecule has 218 valence electrons. The second kappa shape index (κ2) is 31.0. The van der Waals surface area contributed by atoms with Gasteiger partial charge in [0.2, 0.25) is 0 Å². The van der Waals surface area contributed by atoms with Crippen molar-refractivity contribution in [3.8, 4) is 0 Å². The zero-order valence-corrected chi connectivity index (χ0v) is 37.7. The molecule has 0 amide bonds. The Bertz CT molecular complexity index is 378. The quantitative estimate of drug-likeness (QED) is 0.119. The van der Waals surface area contributed by atoms with Crippen LogP contribution >= 0.6 is 82.5 Å². The van der Waals surface area contributed by atoms with Crippen molar-refractivity contribution < 1.29 is 33.9 Å². The van der Waals surface area contributed by atoms with Crippen molar-refractivity contribution in [3.63, 3.8) is 0 Å². The van der Waals surface area contributed by atoms with E-state index in [2.05, 4.69) is 152 Å². The molecule has 0 saturated carbocycles. The van der Waals surface area contributed by atoms with E-state index in [1.165, 1.54) is 0 Å². The summed E-state index contributed by atoms with van der Waals surface area (Å²) in [5.74, 6) is 4.48. The van der Waals surface area contributed by atoms with Crippen molar-refractivity contribution >= 4 is 82.5 Å². The van der Waals surface area contributed by atoms with E-state index in [1.807, 2.05) is 4.93 Å². The van der Waals surface area contributed by atoms with Crippen LogP contribution in [0.1, 0.15) is 89.5 Å². The number of ether oxygens (including phenoxy) is 2. The zero-order chi connectivity index (χ0) is 24.2. The molecular weight excluding hydrogens is 980 g/mol. The maximum atomic E-state index is 5.93. The summed E-state index contributed by atoms with van der Waals surface area (Å²) >= 11 is 9.54. The van der Waals surface area contributed by atoms with Gasteiger partial charge in [-0.25, -0.2) is 0 Å². The summed E-state index contributed by atoms with van der Waals surface area (Å²) in [4.78, 5) is 1.69. The second-order valence-electron chi connectivity index (χ2n) is 8.92. The second-order valence-corrected chi connectivity index (χ2v) is 44.3. The Hall–Kier alpha value is 4.05. The van der Waals surface area contributed by atoms with Crippen molar-refractivity contribution in [3.05, 3.63) is 22.3 Å². The first kappa shape index (κ1) is 55.0. The molecule has 2 rings (SSSR count). The molecule has 2 fully saturated rings. The normalized spacial score (nSPS) is 35.0. The van der Waals surface area contributed by atoms with Crippen molar-refractivity contribution in [1.82, 2.24) is 0 Å². The van der Waals surface area contributed by atoms with E-state index in [-0.39, 0.29) is 54.1 Å². The smallest absolute Gasteiger partial charge is 0 e. The molecule has 0 radical (unpaired) electrons. The van der Waals surface area contributed by atoms with Crippen molar-refractivity contribution in [2.45, 2.75) is 114 Å². The van der Waals surface area contributed by atoms with E-state index in [1.54, 1.807) is 0 Å². The van der Waals surface area contributed by atoms with Gasteiger partial charge in [-0.3, -0.25) is 0 Å². The van der Waals surface area contributed by atoms with Crippen LogP contribution in [0.15, 0.2) is 0 Å². The molecule has 2 saturated heterocycles. The number of halogens is 4. The van der Waals surface area contributed by atoms with Gasteiger partial charge in [-0.15, -0.1) is 0 Å². The van der Waals surface area contributed by atoms with Crippen LogP contribution in [0.5, 0.6) is 0 Å². The average Bonchev–Trinajstić information content (AvgIpc) is 2.71. The van der Waals surface area contributed by atoms with Crippen LogP contribution in [0.2, 0.25) is 0 Å². The minimum atomic E-state index is -0.278. The van der Waals surface area contributed by atoms with Gasteiger partial charge in [0, 0.05) is 19.5 Å². The average molecular weight is 1040 g/mol. The minimum absolute atomic E-state index is 0. The summed E-state index contributed by atoms with van der Waals surface area (Å²) in [6, 6.07) is 0. The van der Waals surface area contributed by atoms with Crippen molar-refractivity contribution in [2.75, 3.05) is 4.93 Å². The molecule has 0 aromatic rings. The molecule has 2 nitrogen and oxygen atoms in total. The number of hydrogen-bond donors (Lipinski definition) is 0. The van der Waals surface area contributed by atoms with Gasteiger partial charge in [0.15, 0.2) is 0 Å². The van der Waals surface area contributed by atoms with Crippen LogP contribution in [0.25, 0.3) is 0 Å². The molecule has 0 N–H and O–H groups in total. The first-order valence-electron chi connectivity index (χ1n) is 11.3. The molecule has 0 aromatic carbocycles. The number of alkyl halides is 1. The van der Waals surface area contributed by atoms with E-state index >= 15 is 0 Å². The Labute approximate surface area is 288 Å². The first-order valence-corrected chi connectivity index (χ1v) is 27.0. The SMILES string of the molecule is C.CC[C@H]1OC(C)[C@H](C)[C@@H](C)[C@@H]1C.CC[C@H]1O[C@@H](C)[C@H](C)[C@@H](C)[C@@H]1C.CI.[CH3-].[CH3-].[CH3-].[I][V]([I])[I].[Zn]. The van der Waals surface area contributed by atoms with E-state index in [0.29, 0.717) is 36.3 Å². The standard InChI is InChI=1S/2C11H22O.CH3I.CH4.3CH3.3HI.V.Zn/c2*1-6-11-9(4)7(2)8(3)10(5)12-11;1-2;;;;;;;;;/h2*7-11H,6H2,1-5H3;1H3;1H4;3*1H3;3*1H;;/q;;;;3*-1;;;;+3;/p-3/t7-,8-,9+,10?,11-;7-,8-,9+,10+,11-;;;;;;;;;;/m11........../s1. The van der Waals surface area contributed by atoms with Gasteiger partial charge in [0.1, 0.15) is 0 Å². The van der Waals surface area contributed by atoms with Crippen LogP contribution in [0, 0.1) is 57.8 Å². The summed E-state index contributed by atoms with van der Waals surface area (Å²) in [7, 11) is 0. The minimum Gasteiger partial charge on any atom is 0 e. The predicted molar refractivity (Wildman–Crippen MR) is 192 cm³/mol. The van der Waals surface area contributed by atoms with E-state index in [9.17, 15) is 0 Å². The molecule has 2 aliphatic heterocycles. The van der Waals surface area contributed by atoms with Crippen LogP contribution in [-0.4, -0.2) is 29.3 Å². The Morgan fingerprint density at radius 3 is 0.914 bits per heavy atom. The summed E-state index contributed by atoms with van der Waals surface area (Å²) in [6.07, 6.45) is 4.19. The monoisotopic (exact) mass is 1040 g/mol. The summed E-state index contributed by atoms with van der Waals surface area (Å²) in [5.41, 5.74) is 0. The topological polar surface area (TPSA) is 18.5 Å². The van der Waals surface area contributed by atoms with Crippen molar-refractivity contribution in [2.24, 2.45) is 35.5 Å². The molecule has 0 aliphatic carbocycles. The Kier molecular flexibility index (Phi) is 48.7. The van der Waals surface area contributed by atoms with Gasteiger partial charge in [0.25, 0.3) is 0 Å². The third-order valence-corrected chi connectivity index (χ3v) is 7.55. The first-order chi connectivity index (χ1) is 13.9. The molecule has 1 unspecified atom stereocenters. The summed E-state index contributed by atoms with van der Waals surface area (Å²) < 4.78 is 11.9. The van der Waals surface area contributed by atoms with Crippen LogP contribution < -0.4 is 0 Å². The van der Waals surface area contributed by atoms with E-state index in [4.69, 9.17) is 9.47 Å². The maximum absolute atomic E-state index is 5.93. The van der Waals surface area contributed by atoms with Gasteiger partial charge in [-0.1, -0.05) is 85.4 Å². The van der Waals surface area contributed by atoms with Gasteiger partial charge < -0.3 is 31.8 Å². The van der Waals surface area contributed by atoms with E-state index < -0.39 is 0 Å². The molecule has 0 spiro atoms. The van der Waals surface area contributed by atoms with Crippen LogP contribution in [0.3, 0.4) is 0 Å². The predicted octanol–water partition coefficient (Wildman–Crippen LogP) is 11.9. The fourth-order valence-electron chi connectivity index (χ4n) is 4.47. The van der Waals surface area contributed by atoms with Gasteiger partial charge >= 0.3 is 64.9 Å². The molecule has 2 heterocycles. The Morgan fingerprint density at radius 2 is 0.743 bits per heavy atom. The molecule has 0 aromatic heterocycles. The molecule has 35 heavy (non-hydrogen) atoms. The van der Waals surface area contributed by atoms with Gasteiger partial charge in [0.05, 0.1) is 24.4 Å². The third kappa shape index (κ3) is 21.4. The molecule has 2 aliphatic rings. The molecule has 0 bridgehead atoms. The van der Waals surface area contributed by atoms with Crippen molar-refractivity contribution in [1.29, 1.82) is 0 Å². The number of hydrogen-bond acceptors (Lipinski definition) is 2. The zero-order valence-electron chi connectivity index (χ0n) is 24.7. The fraction of sp³-hybridized carbons (Fsp3) is 0.889.